The lowest BCUT2D eigenvalue weighted by Crippen LogP contribution is -2.17. The topological polar surface area (TPSA) is 47.0 Å². The maximum absolute atomic E-state index is 12.3. The van der Waals surface area contributed by atoms with Crippen molar-refractivity contribution in [2.75, 3.05) is 25.6 Å². The first-order valence-electron chi connectivity index (χ1n) is 5.59. The van der Waals surface area contributed by atoms with Crippen LogP contribution in [0.5, 0.6) is 0 Å². The number of rotatable bonds is 6. The largest absolute Gasteiger partial charge is 0.445 e. The molecule has 0 unspecified atom stereocenters. The van der Waals surface area contributed by atoms with Crippen LogP contribution < -0.4 is 5.32 Å². The predicted molar refractivity (Wildman–Crippen MR) is 61.6 cm³/mol. The first-order valence-corrected chi connectivity index (χ1v) is 6.40. The minimum atomic E-state index is -4.41. The third-order valence-corrected chi connectivity index (χ3v) is 4.00. The smallest absolute Gasteiger partial charge is 0.385 e. The summed E-state index contributed by atoms with van der Waals surface area (Å²) in [5.74, 6) is 0. The van der Waals surface area contributed by atoms with Crippen molar-refractivity contribution in [3.63, 3.8) is 0 Å². The van der Waals surface area contributed by atoms with Crippen molar-refractivity contribution in [3.05, 3.63) is 5.01 Å². The lowest BCUT2D eigenvalue weighted by molar-refractivity contribution is -0.138. The average molecular weight is 281 g/mol. The van der Waals surface area contributed by atoms with E-state index in [1.807, 2.05) is 0 Å². The number of hydrogen-bond donors (Lipinski definition) is 1. The number of ether oxygens (including phenoxy) is 1. The first kappa shape index (κ1) is 13.5. The van der Waals surface area contributed by atoms with Gasteiger partial charge in [0.25, 0.3) is 0 Å². The van der Waals surface area contributed by atoms with Gasteiger partial charge in [-0.2, -0.15) is 13.2 Å². The molecule has 2 rings (SSSR count). The van der Waals surface area contributed by atoms with E-state index in [1.54, 1.807) is 7.11 Å². The van der Waals surface area contributed by atoms with Gasteiger partial charge in [-0.3, -0.25) is 0 Å². The lowest BCUT2D eigenvalue weighted by atomic mass is 10.0. The van der Waals surface area contributed by atoms with Gasteiger partial charge in [0.15, 0.2) is 0 Å². The minimum absolute atomic E-state index is 0.167. The maximum atomic E-state index is 12.3. The number of aromatic nitrogens is 2. The van der Waals surface area contributed by atoms with Crippen molar-refractivity contribution in [1.29, 1.82) is 0 Å². The second kappa shape index (κ2) is 5.00. The van der Waals surface area contributed by atoms with Crippen LogP contribution in [0, 0.1) is 5.41 Å². The number of nitrogens with zero attached hydrogens (tertiary/aromatic N) is 2. The highest BCUT2D eigenvalue weighted by atomic mass is 32.1. The molecule has 0 radical (unpaired) electrons. The lowest BCUT2D eigenvalue weighted by Gasteiger charge is -2.14. The maximum Gasteiger partial charge on any atom is 0.445 e. The van der Waals surface area contributed by atoms with E-state index in [-0.39, 0.29) is 10.5 Å². The Hall–Kier alpha value is -0.890. The molecule has 1 fully saturated rings. The Labute approximate surface area is 107 Å². The van der Waals surface area contributed by atoms with E-state index < -0.39 is 11.2 Å². The van der Waals surface area contributed by atoms with Gasteiger partial charge in [0.2, 0.25) is 10.1 Å². The molecule has 1 aromatic heterocycles. The number of nitrogens with one attached hydrogen (secondary N) is 1. The summed E-state index contributed by atoms with van der Waals surface area (Å²) in [4.78, 5) is 0. The fourth-order valence-electron chi connectivity index (χ4n) is 1.68. The van der Waals surface area contributed by atoms with E-state index in [0.717, 1.165) is 19.3 Å². The number of alkyl halides is 3. The number of methoxy groups -OCH3 is 1. The molecule has 0 saturated heterocycles. The minimum Gasteiger partial charge on any atom is -0.385 e. The van der Waals surface area contributed by atoms with Gasteiger partial charge in [0, 0.05) is 20.3 Å². The Morgan fingerprint density at radius 1 is 1.39 bits per heavy atom. The van der Waals surface area contributed by atoms with Gasteiger partial charge < -0.3 is 10.1 Å². The number of anilines is 1. The third kappa shape index (κ3) is 3.32. The normalized spacial score (nSPS) is 17.8. The van der Waals surface area contributed by atoms with Crippen LogP contribution in [0.2, 0.25) is 0 Å². The van der Waals surface area contributed by atoms with Gasteiger partial charge in [-0.05, 0) is 24.7 Å². The molecule has 1 heterocycles. The Morgan fingerprint density at radius 2 is 2.11 bits per heavy atom. The second-order valence-electron chi connectivity index (χ2n) is 4.51. The monoisotopic (exact) mass is 281 g/mol. The zero-order chi connectivity index (χ0) is 13.2. The van der Waals surface area contributed by atoms with Crippen molar-refractivity contribution in [1.82, 2.24) is 10.2 Å². The highest BCUT2D eigenvalue weighted by Crippen LogP contribution is 2.48. The molecule has 18 heavy (non-hydrogen) atoms. The van der Waals surface area contributed by atoms with Gasteiger partial charge in [0.05, 0.1) is 0 Å². The molecule has 0 amide bonds. The second-order valence-corrected chi connectivity index (χ2v) is 5.48. The summed E-state index contributed by atoms with van der Waals surface area (Å²) < 4.78 is 42.0. The van der Waals surface area contributed by atoms with Gasteiger partial charge in [0.1, 0.15) is 0 Å². The molecule has 0 bridgehead atoms. The van der Waals surface area contributed by atoms with Crippen molar-refractivity contribution in [2.24, 2.45) is 5.41 Å². The fraction of sp³-hybridized carbons (Fsp3) is 0.800. The van der Waals surface area contributed by atoms with Crippen LogP contribution in [0.1, 0.15) is 24.3 Å². The summed E-state index contributed by atoms with van der Waals surface area (Å²) in [6.45, 7) is 1.30. The molecular weight excluding hydrogens is 267 g/mol. The highest BCUT2D eigenvalue weighted by Gasteiger charge is 2.42. The van der Waals surface area contributed by atoms with Crippen molar-refractivity contribution < 1.29 is 17.9 Å². The molecule has 1 aliphatic rings. The van der Waals surface area contributed by atoms with Crippen LogP contribution in [0.3, 0.4) is 0 Å². The molecule has 0 aliphatic heterocycles. The van der Waals surface area contributed by atoms with E-state index in [2.05, 4.69) is 15.5 Å². The zero-order valence-corrected chi connectivity index (χ0v) is 10.7. The van der Waals surface area contributed by atoms with Gasteiger partial charge >= 0.3 is 6.18 Å². The summed E-state index contributed by atoms with van der Waals surface area (Å²) in [5.41, 5.74) is 0.167. The average Bonchev–Trinajstić information content (AvgIpc) is 2.89. The Morgan fingerprint density at radius 3 is 2.61 bits per heavy atom. The summed E-state index contributed by atoms with van der Waals surface area (Å²) >= 11 is 0.543. The first-order chi connectivity index (χ1) is 8.45. The molecule has 0 aromatic carbocycles. The van der Waals surface area contributed by atoms with E-state index in [0.29, 0.717) is 24.5 Å². The Kier molecular flexibility index (Phi) is 3.76. The van der Waals surface area contributed by atoms with Crippen molar-refractivity contribution >= 4 is 16.5 Å². The molecular formula is C10H14F3N3OS. The standard InChI is InChI=1S/C10H14F3N3OS/c1-17-5-4-9(2-3-9)6-14-8-16-15-7(18-8)10(11,12)13/h2-6H2,1H3,(H,14,16). The Bertz CT molecular complexity index is 403. The zero-order valence-electron chi connectivity index (χ0n) is 9.88. The van der Waals surface area contributed by atoms with E-state index in [9.17, 15) is 13.2 Å². The van der Waals surface area contributed by atoms with Crippen molar-refractivity contribution in [2.45, 2.75) is 25.4 Å². The molecule has 102 valence electrons. The van der Waals surface area contributed by atoms with E-state index in [1.165, 1.54) is 0 Å². The van der Waals surface area contributed by atoms with E-state index >= 15 is 0 Å². The molecule has 0 atom stereocenters. The fourth-order valence-corrected chi connectivity index (χ4v) is 2.29. The van der Waals surface area contributed by atoms with Crippen LogP contribution in [-0.2, 0) is 10.9 Å². The van der Waals surface area contributed by atoms with Crippen LogP contribution in [0.4, 0.5) is 18.3 Å². The SMILES string of the molecule is COCCC1(CNc2nnc(C(F)(F)F)s2)CC1. The van der Waals surface area contributed by atoms with Crippen LogP contribution in [0.25, 0.3) is 0 Å². The number of hydrogen-bond acceptors (Lipinski definition) is 5. The summed E-state index contributed by atoms with van der Waals surface area (Å²) in [5, 5.41) is 8.88. The molecule has 1 aromatic rings. The summed E-state index contributed by atoms with van der Waals surface area (Å²) in [6.07, 6.45) is -1.34. The molecule has 8 heteroatoms. The van der Waals surface area contributed by atoms with Crippen molar-refractivity contribution in [3.8, 4) is 0 Å². The molecule has 1 aliphatic carbocycles. The van der Waals surface area contributed by atoms with Crippen LogP contribution in [-0.4, -0.2) is 30.5 Å². The van der Waals surface area contributed by atoms with Gasteiger partial charge in [-0.25, -0.2) is 0 Å². The highest BCUT2D eigenvalue weighted by molar-refractivity contribution is 7.15. The summed E-state index contributed by atoms with van der Waals surface area (Å²) in [7, 11) is 1.64. The summed E-state index contributed by atoms with van der Waals surface area (Å²) in [6, 6.07) is 0. The predicted octanol–water partition coefficient (Wildman–Crippen LogP) is 2.79. The van der Waals surface area contributed by atoms with Crippen LogP contribution >= 0.6 is 11.3 Å². The number of halogens is 3. The van der Waals surface area contributed by atoms with E-state index in [4.69, 9.17) is 4.74 Å². The Balaban J connectivity index is 1.85. The van der Waals surface area contributed by atoms with Gasteiger partial charge in [-0.15, -0.1) is 10.2 Å². The third-order valence-electron chi connectivity index (χ3n) is 3.08. The molecule has 1 saturated carbocycles. The molecule has 0 spiro atoms. The van der Waals surface area contributed by atoms with Gasteiger partial charge in [-0.1, -0.05) is 11.3 Å². The van der Waals surface area contributed by atoms with Crippen LogP contribution in [0.15, 0.2) is 0 Å². The quantitative estimate of drug-likeness (QED) is 0.871. The molecule has 4 nitrogen and oxygen atoms in total. The molecule has 1 N–H and O–H groups in total.